The number of Topliss-reactive ketones (excluding diaryl/α,β-unsaturated/α-hetero) is 1. The summed E-state index contributed by atoms with van der Waals surface area (Å²) in [5.41, 5.74) is 0.670. The summed E-state index contributed by atoms with van der Waals surface area (Å²) in [7, 11) is 1.39. The van der Waals surface area contributed by atoms with Crippen LogP contribution in [0.3, 0.4) is 0 Å². The van der Waals surface area contributed by atoms with Crippen molar-refractivity contribution in [2.45, 2.75) is 25.7 Å². The highest BCUT2D eigenvalue weighted by molar-refractivity contribution is 9.10. The van der Waals surface area contributed by atoms with Crippen LogP contribution in [0.15, 0.2) is 28.7 Å². The van der Waals surface area contributed by atoms with Crippen molar-refractivity contribution in [2.75, 3.05) is 7.11 Å². The lowest BCUT2D eigenvalue weighted by atomic mass is 9.75. The number of ketones is 1. The minimum atomic E-state index is -0.283. The van der Waals surface area contributed by atoms with Crippen molar-refractivity contribution >= 4 is 27.7 Å². The van der Waals surface area contributed by atoms with E-state index in [0.717, 1.165) is 30.2 Å². The Labute approximate surface area is 121 Å². The Morgan fingerprint density at radius 2 is 1.68 bits per heavy atom. The topological polar surface area (TPSA) is 43.4 Å². The molecule has 102 valence electrons. The summed E-state index contributed by atoms with van der Waals surface area (Å²) in [5.74, 6) is -0.713. The second-order valence-corrected chi connectivity index (χ2v) is 5.81. The molecule has 0 heterocycles. The zero-order valence-electron chi connectivity index (χ0n) is 10.9. The fourth-order valence-corrected chi connectivity index (χ4v) is 2.97. The molecule has 4 heteroatoms. The molecule has 1 aliphatic carbocycles. The van der Waals surface area contributed by atoms with Crippen LogP contribution >= 0.6 is 15.9 Å². The molecule has 0 amide bonds. The van der Waals surface area contributed by atoms with Gasteiger partial charge in [0.25, 0.3) is 0 Å². The molecule has 0 aliphatic heterocycles. The molecule has 1 aromatic rings. The maximum absolute atomic E-state index is 12.5. The first-order chi connectivity index (χ1) is 9.13. The molecular formula is C15H17BrO3. The first-order valence-electron chi connectivity index (χ1n) is 6.51. The molecule has 2 atom stereocenters. The first-order valence-corrected chi connectivity index (χ1v) is 7.30. The van der Waals surface area contributed by atoms with Gasteiger partial charge in [-0.05, 0) is 25.0 Å². The van der Waals surface area contributed by atoms with Crippen LogP contribution in [-0.4, -0.2) is 18.9 Å². The molecule has 0 spiro atoms. The molecule has 19 heavy (non-hydrogen) atoms. The average molecular weight is 325 g/mol. The molecule has 1 aromatic carbocycles. The molecule has 0 bridgehead atoms. The number of hydrogen-bond donors (Lipinski definition) is 0. The lowest BCUT2D eigenvalue weighted by molar-refractivity contribution is -0.147. The number of methoxy groups -OCH3 is 1. The van der Waals surface area contributed by atoms with Gasteiger partial charge in [-0.25, -0.2) is 0 Å². The molecule has 0 unspecified atom stereocenters. The Hall–Kier alpha value is -1.16. The first kappa shape index (κ1) is 14.3. The van der Waals surface area contributed by atoms with Crippen molar-refractivity contribution in [1.29, 1.82) is 0 Å². The second kappa shape index (κ2) is 6.33. The monoisotopic (exact) mass is 324 g/mol. The Balaban J connectivity index is 2.20. The fourth-order valence-electron chi connectivity index (χ4n) is 2.71. The van der Waals surface area contributed by atoms with Crippen LogP contribution < -0.4 is 0 Å². The Morgan fingerprint density at radius 3 is 2.26 bits per heavy atom. The van der Waals surface area contributed by atoms with Gasteiger partial charge >= 0.3 is 5.97 Å². The summed E-state index contributed by atoms with van der Waals surface area (Å²) < 4.78 is 5.77. The quantitative estimate of drug-likeness (QED) is 0.630. The number of esters is 1. The van der Waals surface area contributed by atoms with Gasteiger partial charge in [-0.1, -0.05) is 40.9 Å². The smallest absolute Gasteiger partial charge is 0.309 e. The Morgan fingerprint density at radius 1 is 1.11 bits per heavy atom. The van der Waals surface area contributed by atoms with Crippen molar-refractivity contribution in [2.24, 2.45) is 11.8 Å². The molecule has 1 fully saturated rings. The summed E-state index contributed by atoms with van der Waals surface area (Å²) in [6, 6.07) is 7.30. The normalized spacial score (nSPS) is 22.8. The molecule has 0 radical (unpaired) electrons. The summed E-state index contributed by atoms with van der Waals surface area (Å²) >= 11 is 3.35. The van der Waals surface area contributed by atoms with Gasteiger partial charge in [-0.2, -0.15) is 0 Å². The van der Waals surface area contributed by atoms with Crippen LogP contribution in [0.1, 0.15) is 36.0 Å². The predicted octanol–water partition coefficient (Wildman–Crippen LogP) is 3.61. The van der Waals surface area contributed by atoms with Crippen LogP contribution in [0.25, 0.3) is 0 Å². The third-order valence-electron chi connectivity index (χ3n) is 3.74. The van der Waals surface area contributed by atoms with E-state index in [9.17, 15) is 9.59 Å². The van der Waals surface area contributed by atoms with Crippen LogP contribution in [0.2, 0.25) is 0 Å². The number of rotatable bonds is 3. The minimum absolute atomic E-state index is 0.0580. The second-order valence-electron chi connectivity index (χ2n) is 4.89. The maximum atomic E-state index is 12.5. The lowest BCUT2D eigenvalue weighted by Crippen LogP contribution is -2.33. The van der Waals surface area contributed by atoms with Gasteiger partial charge in [0.05, 0.1) is 13.0 Å². The highest BCUT2D eigenvalue weighted by Crippen LogP contribution is 2.33. The van der Waals surface area contributed by atoms with E-state index in [1.807, 2.05) is 12.1 Å². The number of benzene rings is 1. The molecule has 0 aromatic heterocycles. The number of halogens is 1. The molecule has 1 saturated carbocycles. The van der Waals surface area contributed by atoms with Crippen LogP contribution in [0, 0.1) is 11.8 Å². The molecule has 0 N–H and O–H groups in total. The van der Waals surface area contributed by atoms with Crippen molar-refractivity contribution in [1.82, 2.24) is 0 Å². The summed E-state index contributed by atoms with van der Waals surface area (Å²) in [4.78, 5) is 24.3. The van der Waals surface area contributed by atoms with Crippen molar-refractivity contribution in [3.05, 3.63) is 34.3 Å². The standard InChI is InChI=1S/C15H17BrO3/c1-19-15(18)13-5-3-2-4-12(13)14(17)10-6-8-11(16)9-7-10/h6-9,12-13H,2-5H2,1H3/t12-,13-/m1/s1. The molecule has 3 nitrogen and oxygen atoms in total. The van der Waals surface area contributed by atoms with E-state index < -0.39 is 0 Å². The number of ether oxygens (including phenoxy) is 1. The third kappa shape index (κ3) is 3.24. The van der Waals surface area contributed by atoms with E-state index in [1.165, 1.54) is 7.11 Å². The van der Waals surface area contributed by atoms with Crippen LogP contribution in [0.5, 0.6) is 0 Å². The van der Waals surface area contributed by atoms with E-state index in [-0.39, 0.29) is 23.6 Å². The summed E-state index contributed by atoms with van der Waals surface area (Å²) in [5, 5.41) is 0. The fraction of sp³-hybridized carbons (Fsp3) is 0.467. The van der Waals surface area contributed by atoms with Crippen molar-refractivity contribution in [3.8, 4) is 0 Å². The highest BCUT2D eigenvalue weighted by atomic mass is 79.9. The number of hydrogen-bond acceptors (Lipinski definition) is 3. The minimum Gasteiger partial charge on any atom is -0.469 e. The van der Waals surface area contributed by atoms with Gasteiger partial charge in [-0.15, -0.1) is 0 Å². The predicted molar refractivity (Wildman–Crippen MR) is 75.9 cm³/mol. The van der Waals surface area contributed by atoms with Gasteiger partial charge in [0, 0.05) is 16.0 Å². The summed E-state index contributed by atoms with van der Waals surface area (Å²) in [6.45, 7) is 0. The molecule has 1 aliphatic rings. The number of carbonyl (C=O) groups excluding carboxylic acids is 2. The van der Waals surface area contributed by atoms with Gasteiger partial charge < -0.3 is 4.74 Å². The SMILES string of the molecule is COC(=O)[C@@H]1CCCC[C@H]1C(=O)c1ccc(Br)cc1. The van der Waals surface area contributed by atoms with Crippen molar-refractivity contribution < 1.29 is 14.3 Å². The van der Waals surface area contributed by atoms with E-state index in [2.05, 4.69) is 15.9 Å². The van der Waals surface area contributed by atoms with Crippen LogP contribution in [-0.2, 0) is 9.53 Å². The molecule has 0 saturated heterocycles. The molecule has 2 rings (SSSR count). The zero-order valence-corrected chi connectivity index (χ0v) is 12.5. The largest absolute Gasteiger partial charge is 0.469 e. The molecular weight excluding hydrogens is 308 g/mol. The highest BCUT2D eigenvalue weighted by Gasteiger charge is 2.36. The van der Waals surface area contributed by atoms with E-state index in [1.54, 1.807) is 12.1 Å². The third-order valence-corrected chi connectivity index (χ3v) is 4.26. The van der Waals surface area contributed by atoms with Gasteiger partial charge in [0.2, 0.25) is 0 Å². The Kier molecular flexibility index (Phi) is 4.75. The Bertz CT molecular complexity index is 467. The van der Waals surface area contributed by atoms with Gasteiger partial charge in [-0.3, -0.25) is 9.59 Å². The van der Waals surface area contributed by atoms with E-state index >= 15 is 0 Å². The van der Waals surface area contributed by atoms with Gasteiger partial charge in [0.15, 0.2) is 5.78 Å². The maximum Gasteiger partial charge on any atom is 0.309 e. The van der Waals surface area contributed by atoms with E-state index in [0.29, 0.717) is 5.56 Å². The zero-order chi connectivity index (χ0) is 13.8. The average Bonchev–Trinajstić information content (AvgIpc) is 2.46. The lowest BCUT2D eigenvalue weighted by Gasteiger charge is -2.28. The van der Waals surface area contributed by atoms with Crippen molar-refractivity contribution in [3.63, 3.8) is 0 Å². The summed E-state index contributed by atoms with van der Waals surface area (Å²) in [6.07, 6.45) is 3.51. The van der Waals surface area contributed by atoms with Gasteiger partial charge in [0.1, 0.15) is 0 Å². The number of carbonyl (C=O) groups is 2. The van der Waals surface area contributed by atoms with E-state index in [4.69, 9.17) is 4.74 Å². The van der Waals surface area contributed by atoms with Crippen LogP contribution in [0.4, 0.5) is 0 Å².